The summed E-state index contributed by atoms with van der Waals surface area (Å²) in [4.78, 5) is 29.8. The van der Waals surface area contributed by atoms with Crippen molar-refractivity contribution in [3.8, 4) is 0 Å². The Labute approximate surface area is 150 Å². The molecule has 1 saturated heterocycles. The van der Waals surface area contributed by atoms with E-state index < -0.39 is 0 Å². The molecule has 0 aliphatic carbocycles. The second-order valence-corrected chi connectivity index (χ2v) is 7.84. The molecule has 1 aromatic heterocycles. The van der Waals surface area contributed by atoms with E-state index in [0.717, 1.165) is 18.8 Å². The Kier molecular flexibility index (Phi) is 5.74. The number of aromatic nitrogens is 1. The summed E-state index contributed by atoms with van der Waals surface area (Å²) in [6.07, 6.45) is 0.371. The van der Waals surface area contributed by atoms with Gasteiger partial charge in [-0.3, -0.25) is 14.5 Å². The number of carbonyl (C=O) groups is 2. The quantitative estimate of drug-likeness (QED) is 0.801. The molecule has 140 valence electrons. The molecule has 2 rings (SSSR count). The van der Waals surface area contributed by atoms with Crippen LogP contribution < -0.4 is 5.32 Å². The molecule has 0 spiro atoms. The van der Waals surface area contributed by atoms with Gasteiger partial charge in [-0.15, -0.1) is 0 Å². The van der Waals surface area contributed by atoms with Crippen LogP contribution in [0, 0.1) is 13.8 Å². The Morgan fingerprint density at radius 1 is 1.24 bits per heavy atom. The summed E-state index contributed by atoms with van der Waals surface area (Å²) in [5.74, 6) is -0.197. The summed E-state index contributed by atoms with van der Waals surface area (Å²) in [6, 6.07) is 0. The number of H-pyrrole nitrogens is 1. The van der Waals surface area contributed by atoms with Gasteiger partial charge in [0.2, 0.25) is 0 Å². The van der Waals surface area contributed by atoms with E-state index in [4.69, 9.17) is 4.74 Å². The van der Waals surface area contributed by atoms with Crippen LogP contribution in [-0.4, -0.2) is 59.0 Å². The highest BCUT2D eigenvalue weighted by Gasteiger charge is 2.33. The monoisotopic (exact) mass is 349 g/mol. The van der Waals surface area contributed by atoms with E-state index >= 15 is 0 Å². The van der Waals surface area contributed by atoms with E-state index in [1.807, 2.05) is 13.8 Å². The molecule has 0 aromatic carbocycles. The molecule has 2 atom stereocenters. The Morgan fingerprint density at radius 3 is 2.28 bits per heavy atom. The van der Waals surface area contributed by atoms with Crippen LogP contribution in [0.4, 0.5) is 0 Å². The molecule has 1 fully saturated rings. The van der Waals surface area contributed by atoms with Gasteiger partial charge >= 0.3 is 0 Å². The number of aromatic amines is 1. The van der Waals surface area contributed by atoms with Crippen molar-refractivity contribution in [3.05, 3.63) is 22.5 Å². The van der Waals surface area contributed by atoms with E-state index in [-0.39, 0.29) is 29.4 Å². The van der Waals surface area contributed by atoms with Gasteiger partial charge in [-0.25, -0.2) is 0 Å². The first kappa shape index (κ1) is 19.7. The molecular formula is C19H31N3O3. The van der Waals surface area contributed by atoms with E-state index in [2.05, 4.69) is 42.9 Å². The number of morpholine rings is 1. The number of amides is 1. The van der Waals surface area contributed by atoms with Crippen molar-refractivity contribution < 1.29 is 14.3 Å². The second-order valence-electron chi connectivity index (χ2n) is 7.84. The molecule has 0 bridgehead atoms. The van der Waals surface area contributed by atoms with Gasteiger partial charge in [0, 0.05) is 36.4 Å². The van der Waals surface area contributed by atoms with Crippen molar-refractivity contribution in [1.29, 1.82) is 0 Å². The highest BCUT2D eigenvalue weighted by molar-refractivity contribution is 6.02. The van der Waals surface area contributed by atoms with E-state index in [1.165, 1.54) is 6.92 Å². The Morgan fingerprint density at radius 2 is 1.80 bits per heavy atom. The van der Waals surface area contributed by atoms with E-state index in [1.54, 1.807) is 0 Å². The Balaban J connectivity index is 2.06. The summed E-state index contributed by atoms with van der Waals surface area (Å²) in [5.41, 5.74) is 2.36. The number of rotatable bonds is 5. The van der Waals surface area contributed by atoms with Gasteiger partial charge in [-0.05, 0) is 54.0 Å². The minimum absolute atomic E-state index is 0.0260. The van der Waals surface area contributed by atoms with E-state index in [9.17, 15) is 9.59 Å². The van der Waals surface area contributed by atoms with Crippen LogP contribution in [0.5, 0.6) is 0 Å². The van der Waals surface area contributed by atoms with Crippen LogP contribution in [0.25, 0.3) is 0 Å². The number of hydrogen-bond acceptors (Lipinski definition) is 4. The number of hydrogen-bond donors (Lipinski definition) is 2. The van der Waals surface area contributed by atoms with Crippen LogP contribution in [-0.2, 0) is 4.74 Å². The summed E-state index contributed by atoms with van der Waals surface area (Å²) < 4.78 is 5.79. The number of aryl methyl sites for hydroxylation is 1. The normalized spacial score (nSPS) is 22.0. The molecule has 25 heavy (non-hydrogen) atoms. The van der Waals surface area contributed by atoms with Crippen molar-refractivity contribution in [1.82, 2.24) is 15.2 Å². The maximum absolute atomic E-state index is 12.6. The summed E-state index contributed by atoms with van der Waals surface area (Å²) in [5, 5.41) is 3.02. The van der Waals surface area contributed by atoms with Gasteiger partial charge in [0.1, 0.15) is 5.69 Å². The molecule has 2 N–H and O–H groups in total. The lowest BCUT2D eigenvalue weighted by atomic mass is 10.00. The topological polar surface area (TPSA) is 74.4 Å². The third-order valence-electron chi connectivity index (χ3n) is 4.97. The van der Waals surface area contributed by atoms with Crippen molar-refractivity contribution >= 4 is 11.7 Å². The van der Waals surface area contributed by atoms with Gasteiger partial charge in [0.05, 0.1) is 12.2 Å². The summed E-state index contributed by atoms with van der Waals surface area (Å²) in [6.45, 7) is 15.8. The number of nitrogens with one attached hydrogen (secondary N) is 2. The van der Waals surface area contributed by atoms with Gasteiger partial charge in [-0.1, -0.05) is 0 Å². The summed E-state index contributed by atoms with van der Waals surface area (Å²) >= 11 is 0. The lowest BCUT2D eigenvalue weighted by Gasteiger charge is -2.45. The maximum atomic E-state index is 12.6. The minimum atomic E-state index is -0.180. The molecule has 1 aromatic rings. The molecule has 6 heteroatoms. The van der Waals surface area contributed by atoms with Crippen molar-refractivity contribution in [2.45, 2.75) is 66.2 Å². The second kappa shape index (κ2) is 7.30. The smallest absolute Gasteiger partial charge is 0.268 e. The van der Waals surface area contributed by atoms with Crippen molar-refractivity contribution in [2.24, 2.45) is 0 Å². The largest absolute Gasteiger partial charge is 0.373 e. The van der Waals surface area contributed by atoms with Crippen molar-refractivity contribution in [3.63, 3.8) is 0 Å². The number of carbonyl (C=O) groups excluding carboxylic acids is 2. The number of nitrogens with zero attached hydrogens (tertiary/aromatic N) is 1. The molecule has 0 saturated carbocycles. The average molecular weight is 349 g/mol. The lowest BCUT2D eigenvalue weighted by Crippen LogP contribution is -2.58. The zero-order valence-corrected chi connectivity index (χ0v) is 16.4. The predicted molar refractivity (Wildman–Crippen MR) is 98.3 cm³/mol. The molecule has 2 unspecified atom stereocenters. The van der Waals surface area contributed by atoms with Gasteiger partial charge in [-0.2, -0.15) is 0 Å². The Bertz CT molecular complexity index is 653. The fourth-order valence-corrected chi connectivity index (χ4v) is 3.67. The third-order valence-corrected chi connectivity index (χ3v) is 4.97. The highest BCUT2D eigenvalue weighted by Crippen LogP contribution is 2.22. The van der Waals surface area contributed by atoms with Gasteiger partial charge in [0.25, 0.3) is 5.91 Å². The molecule has 1 amide bonds. The molecule has 1 aliphatic rings. The Hall–Kier alpha value is -1.66. The van der Waals surface area contributed by atoms with Crippen LogP contribution in [0.2, 0.25) is 0 Å². The summed E-state index contributed by atoms with van der Waals surface area (Å²) in [7, 11) is 0. The minimum Gasteiger partial charge on any atom is -0.373 e. The molecule has 6 nitrogen and oxygen atoms in total. The van der Waals surface area contributed by atoms with Crippen LogP contribution in [0.15, 0.2) is 0 Å². The maximum Gasteiger partial charge on any atom is 0.268 e. The number of ether oxygens (including phenoxy) is 1. The average Bonchev–Trinajstić information content (AvgIpc) is 2.79. The van der Waals surface area contributed by atoms with E-state index in [0.29, 0.717) is 23.4 Å². The third kappa shape index (κ3) is 4.30. The van der Waals surface area contributed by atoms with Crippen LogP contribution >= 0.6 is 0 Å². The fourth-order valence-electron chi connectivity index (χ4n) is 3.67. The first-order valence-electron chi connectivity index (χ1n) is 8.91. The zero-order chi connectivity index (χ0) is 18.9. The van der Waals surface area contributed by atoms with Gasteiger partial charge in [0.15, 0.2) is 5.78 Å². The first-order valence-corrected chi connectivity index (χ1v) is 8.91. The number of Topliss-reactive ketones (excluding diaryl/α,β-unsaturated/α-hetero) is 1. The zero-order valence-electron chi connectivity index (χ0n) is 16.4. The molecule has 2 heterocycles. The van der Waals surface area contributed by atoms with Crippen LogP contribution in [0.1, 0.15) is 66.7 Å². The predicted octanol–water partition coefficient (Wildman–Crippen LogP) is 2.45. The highest BCUT2D eigenvalue weighted by atomic mass is 16.5. The van der Waals surface area contributed by atoms with Crippen LogP contribution in [0.3, 0.4) is 0 Å². The fraction of sp³-hybridized carbons (Fsp3) is 0.684. The number of ketones is 1. The van der Waals surface area contributed by atoms with Crippen molar-refractivity contribution in [2.75, 3.05) is 19.6 Å². The standard InChI is InChI=1S/C19H31N3O3/c1-11-8-22(9-12(2)25-11)19(6,7)10-20-18(24)17-13(3)16(15(5)23)14(4)21-17/h11-12,21H,8-10H2,1-7H3,(H,20,24). The first-order chi connectivity index (χ1) is 11.5. The SMILES string of the molecule is CC(=O)c1c(C)[nH]c(C(=O)NCC(C)(C)N2CC(C)OC(C)C2)c1C. The molecule has 1 aliphatic heterocycles. The molecular weight excluding hydrogens is 318 g/mol. The molecule has 0 radical (unpaired) electrons. The lowest BCUT2D eigenvalue weighted by molar-refractivity contribution is -0.0948. The van der Waals surface area contributed by atoms with Gasteiger partial charge < -0.3 is 15.0 Å².